The summed E-state index contributed by atoms with van der Waals surface area (Å²) in [5, 5.41) is 13.6. The van der Waals surface area contributed by atoms with Crippen LogP contribution in [0.3, 0.4) is 0 Å². The normalized spacial score (nSPS) is 11.5. The van der Waals surface area contributed by atoms with Crippen molar-refractivity contribution < 1.29 is 9.52 Å². The minimum Gasteiger partial charge on any atom is -0.507 e. The zero-order chi connectivity index (χ0) is 17.4. The number of benzene rings is 1. The molecule has 2 aromatic heterocycles. The van der Waals surface area contributed by atoms with Crippen molar-refractivity contribution in [1.82, 2.24) is 9.88 Å². The fourth-order valence-corrected chi connectivity index (χ4v) is 3.55. The Kier molecular flexibility index (Phi) is 4.43. The van der Waals surface area contributed by atoms with E-state index in [0.29, 0.717) is 40.1 Å². The molecule has 0 saturated carbocycles. The summed E-state index contributed by atoms with van der Waals surface area (Å²) in [7, 11) is 3.82. The van der Waals surface area contributed by atoms with E-state index in [9.17, 15) is 9.90 Å². The van der Waals surface area contributed by atoms with Crippen molar-refractivity contribution in [2.75, 3.05) is 14.1 Å². The molecule has 0 aliphatic rings. The highest BCUT2D eigenvalue weighted by Gasteiger charge is 2.19. The molecule has 0 spiro atoms. The van der Waals surface area contributed by atoms with Crippen LogP contribution in [0.4, 0.5) is 0 Å². The van der Waals surface area contributed by atoms with Gasteiger partial charge in [-0.3, -0.25) is 4.79 Å². The van der Waals surface area contributed by atoms with Crippen molar-refractivity contribution in [2.45, 2.75) is 26.8 Å². The number of nitrogens with zero attached hydrogens (tertiary/aromatic N) is 2. The molecule has 0 aliphatic heterocycles. The second-order valence-electron chi connectivity index (χ2n) is 6.10. The number of thiazole rings is 1. The molecular weight excluding hydrogens is 324 g/mol. The van der Waals surface area contributed by atoms with E-state index in [1.54, 1.807) is 6.07 Å². The van der Waals surface area contributed by atoms with Crippen molar-refractivity contribution in [2.24, 2.45) is 0 Å². The van der Waals surface area contributed by atoms with E-state index in [4.69, 9.17) is 4.42 Å². The van der Waals surface area contributed by atoms with Gasteiger partial charge in [-0.2, -0.15) is 0 Å². The van der Waals surface area contributed by atoms with Gasteiger partial charge in [-0.1, -0.05) is 6.92 Å². The van der Waals surface area contributed by atoms with Crippen molar-refractivity contribution in [3.63, 3.8) is 0 Å². The monoisotopic (exact) mass is 344 g/mol. The highest BCUT2D eigenvalue weighted by molar-refractivity contribution is 7.13. The van der Waals surface area contributed by atoms with Crippen LogP contribution in [0.25, 0.3) is 21.5 Å². The van der Waals surface area contributed by atoms with E-state index >= 15 is 0 Å². The van der Waals surface area contributed by atoms with Crippen LogP contribution in [-0.2, 0) is 13.0 Å². The van der Waals surface area contributed by atoms with Crippen molar-refractivity contribution in [3.8, 4) is 16.3 Å². The van der Waals surface area contributed by atoms with E-state index < -0.39 is 0 Å². The van der Waals surface area contributed by atoms with Crippen LogP contribution in [0.5, 0.6) is 5.75 Å². The minimum atomic E-state index is -0.111. The zero-order valence-corrected chi connectivity index (χ0v) is 15.0. The molecule has 1 N–H and O–H groups in total. The molecule has 3 rings (SSSR count). The number of hydrogen-bond acceptors (Lipinski definition) is 6. The Balaban J connectivity index is 2.32. The Labute approximate surface area is 144 Å². The predicted molar refractivity (Wildman–Crippen MR) is 96.8 cm³/mol. The molecule has 0 radical (unpaired) electrons. The summed E-state index contributed by atoms with van der Waals surface area (Å²) in [4.78, 5) is 19.3. The molecule has 5 nitrogen and oxygen atoms in total. The molecule has 1 aromatic carbocycles. The number of rotatable bonds is 4. The van der Waals surface area contributed by atoms with Crippen LogP contribution in [0.2, 0.25) is 0 Å². The Morgan fingerprint density at radius 3 is 2.71 bits per heavy atom. The van der Waals surface area contributed by atoms with Gasteiger partial charge in [0, 0.05) is 17.6 Å². The van der Waals surface area contributed by atoms with Gasteiger partial charge in [-0.05, 0) is 39.1 Å². The van der Waals surface area contributed by atoms with Crippen LogP contribution in [0.1, 0.15) is 23.7 Å². The van der Waals surface area contributed by atoms with Gasteiger partial charge in [0.05, 0.1) is 16.5 Å². The minimum absolute atomic E-state index is 0.111. The third-order valence-corrected chi connectivity index (χ3v) is 4.91. The van der Waals surface area contributed by atoms with E-state index in [0.717, 1.165) is 11.3 Å². The average Bonchev–Trinajstić information content (AvgIpc) is 2.96. The predicted octanol–water partition coefficient (Wildman–Crippen LogP) is 3.55. The number of phenols is 1. The quantitative estimate of drug-likeness (QED) is 0.784. The van der Waals surface area contributed by atoms with E-state index in [-0.39, 0.29) is 11.2 Å². The van der Waals surface area contributed by atoms with Crippen molar-refractivity contribution in [3.05, 3.63) is 44.8 Å². The summed E-state index contributed by atoms with van der Waals surface area (Å²) in [5.74, 6) is 0.208. The highest BCUT2D eigenvalue weighted by Crippen LogP contribution is 2.33. The summed E-state index contributed by atoms with van der Waals surface area (Å²) < 4.78 is 5.78. The Hall–Kier alpha value is -2.18. The second-order valence-corrected chi connectivity index (χ2v) is 6.96. The second kappa shape index (κ2) is 6.37. The van der Waals surface area contributed by atoms with Gasteiger partial charge in [-0.15, -0.1) is 11.3 Å². The maximum Gasteiger partial charge on any atom is 0.202 e. The van der Waals surface area contributed by atoms with Crippen LogP contribution in [-0.4, -0.2) is 29.1 Å². The lowest BCUT2D eigenvalue weighted by molar-refractivity contribution is 0.382. The Morgan fingerprint density at radius 2 is 2.12 bits per heavy atom. The lowest BCUT2D eigenvalue weighted by Gasteiger charge is -2.15. The van der Waals surface area contributed by atoms with Crippen molar-refractivity contribution in [1.29, 1.82) is 0 Å². The van der Waals surface area contributed by atoms with Gasteiger partial charge < -0.3 is 14.4 Å². The first-order valence-electron chi connectivity index (χ1n) is 7.78. The smallest absolute Gasteiger partial charge is 0.202 e. The SMILES string of the molecule is CCc1cc2c(=O)c(-c3nc(C)cs3)coc2c(CN(C)C)c1O. The summed E-state index contributed by atoms with van der Waals surface area (Å²) in [5.41, 5.74) is 3.07. The first kappa shape index (κ1) is 16.7. The summed E-state index contributed by atoms with van der Waals surface area (Å²) >= 11 is 1.42. The van der Waals surface area contributed by atoms with Gasteiger partial charge in [0.1, 0.15) is 22.6 Å². The first-order valence-corrected chi connectivity index (χ1v) is 8.66. The van der Waals surface area contributed by atoms with Crippen molar-refractivity contribution >= 4 is 22.3 Å². The number of aromatic hydroxyl groups is 1. The van der Waals surface area contributed by atoms with Gasteiger partial charge >= 0.3 is 0 Å². The topological polar surface area (TPSA) is 66.6 Å². The third kappa shape index (κ3) is 2.83. The van der Waals surface area contributed by atoms with Gasteiger partial charge in [0.15, 0.2) is 0 Å². The number of phenolic OH excluding ortho intramolecular Hbond substituents is 1. The van der Waals surface area contributed by atoms with Crippen LogP contribution < -0.4 is 5.43 Å². The van der Waals surface area contributed by atoms with Gasteiger partial charge in [0.25, 0.3) is 0 Å². The largest absolute Gasteiger partial charge is 0.507 e. The fraction of sp³-hybridized carbons (Fsp3) is 0.333. The molecule has 0 bridgehead atoms. The molecule has 126 valence electrons. The summed E-state index contributed by atoms with van der Waals surface area (Å²) in [6, 6.07) is 1.74. The van der Waals surface area contributed by atoms with E-state index in [2.05, 4.69) is 4.98 Å². The van der Waals surface area contributed by atoms with Crippen LogP contribution in [0, 0.1) is 6.92 Å². The van der Waals surface area contributed by atoms with E-state index in [1.807, 2.05) is 38.2 Å². The maximum absolute atomic E-state index is 13.0. The maximum atomic E-state index is 13.0. The molecule has 0 amide bonds. The molecule has 0 unspecified atom stereocenters. The Morgan fingerprint density at radius 1 is 1.38 bits per heavy atom. The van der Waals surface area contributed by atoms with Crippen LogP contribution in [0.15, 0.2) is 26.9 Å². The molecule has 0 fully saturated rings. The summed E-state index contributed by atoms with van der Waals surface area (Å²) in [6.45, 7) is 4.34. The van der Waals surface area contributed by atoms with E-state index in [1.165, 1.54) is 17.6 Å². The first-order chi connectivity index (χ1) is 11.4. The van der Waals surface area contributed by atoms with Gasteiger partial charge in [0.2, 0.25) is 5.43 Å². The molecule has 0 saturated heterocycles. The molecule has 6 heteroatoms. The number of hydrogen-bond donors (Lipinski definition) is 1. The molecule has 2 heterocycles. The molecule has 3 aromatic rings. The molecule has 0 aliphatic carbocycles. The Bertz CT molecular complexity index is 957. The lowest BCUT2D eigenvalue weighted by Crippen LogP contribution is -2.13. The molecule has 0 atom stereocenters. The van der Waals surface area contributed by atoms with Gasteiger partial charge in [-0.25, -0.2) is 4.98 Å². The standard InChI is InChI=1S/C18H20N2O3S/c1-5-11-6-12-16(22)14(18-19-10(2)9-24-18)8-23-17(12)13(15(11)21)7-20(3)4/h6,8-9,21H,5,7H2,1-4H3. The molecule has 24 heavy (non-hydrogen) atoms. The number of fused-ring (bicyclic) bond motifs is 1. The molecular formula is C18H20N2O3S. The number of aromatic nitrogens is 1. The average molecular weight is 344 g/mol. The van der Waals surface area contributed by atoms with Crippen LogP contribution >= 0.6 is 11.3 Å². The lowest BCUT2D eigenvalue weighted by atomic mass is 10.0. The zero-order valence-electron chi connectivity index (χ0n) is 14.2. The fourth-order valence-electron chi connectivity index (χ4n) is 2.75. The number of aryl methyl sites for hydroxylation is 2. The third-order valence-electron chi connectivity index (χ3n) is 3.92. The highest BCUT2D eigenvalue weighted by atomic mass is 32.1. The summed E-state index contributed by atoms with van der Waals surface area (Å²) in [6.07, 6.45) is 2.09.